The molecule has 2 atom stereocenters. The quantitative estimate of drug-likeness (QED) is 0.524. The van der Waals surface area contributed by atoms with E-state index in [-0.39, 0.29) is 0 Å². The second-order valence-electron chi connectivity index (χ2n) is 3.55. The SMILES string of the molecule is CC=CCC(C)C(C)CCC. The summed E-state index contributed by atoms with van der Waals surface area (Å²) in [6, 6.07) is 0. The van der Waals surface area contributed by atoms with Gasteiger partial charge in [0.15, 0.2) is 0 Å². The molecule has 0 N–H and O–H groups in total. The monoisotopic (exact) mass is 154 g/mol. The minimum Gasteiger partial charge on any atom is -0.0917 e. The van der Waals surface area contributed by atoms with Crippen LogP contribution in [0.25, 0.3) is 0 Å². The van der Waals surface area contributed by atoms with E-state index in [0.29, 0.717) is 0 Å². The Labute approximate surface area is 71.7 Å². The lowest BCUT2D eigenvalue weighted by atomic mass is 9.89. The Kier molecular flexibility index (Phi) is 6.30. The highest BCUT2D eigenvalue weighted by Gasteiger charge is 2.08. The van der Waals surface area contributed by atoms with Crippen LogP contribution in [0.3, 0.4) is 0 Å². The summed E-state index contributed by atoms with van der Waals surface area (Å²) in [5.41, 5.74) is 0. The molecule has 0 aromatic carbocycles. The third kappa shape index (κ3) is 5.06. The van der Waals surface area contributed by atoms with Crippen molar-refractivity contribution in [1.29, 1.82) is 0 Å². The Morgan fingerprint density at radius 1 is 1.18 bits per heavy atom. The molecular formula is C11H22. The van der Waals surface area contributed by atoms with E-state index in [1.165, 1.54) is 19.3 Å². The molecule has 0 fully saturated rings. The van der Waals surface area contributed by atoms with Crippen molar-refractivity contribution >= 4 is 0 Å². The molecule has 0 bridgehead atoms. The van der Waals surface area contributed by atoms with Crippen molar-refractivity contribution in [2.24, 2.45) is 11.8 Å². The van der Waals surface area contributed by atoms with Crippen molar-refractivity contribution in [3.05, 3.63) is 12.2 Å². The normalized spacial score (nSPS) is 17.1. The molecule has 0 heterocycles. The van der Waals surface area contributed by atoms with Crippen molar-refractivity contribution in [1.82, 2.24) is 0 Å². The van der Waals surface area contributed by atoms with Crippen LogP contribution in [-0.4, -0.2) is 0 Å². The largest absolute Gasteiger partial charge is 0.0917 e. The molecule has 0 radical (unpaired) electrons. The first-order valence-electron chi connectivity index (χ1n) is 4.83. The molecule has 0 saturated carbocycles. The standard InChI is InChI=1S/C11H22/c1-5-7-9-11(4)10(3)8-6-2/h5,7,10-11H,6,8-9H2,1-4H3. The van der Waals surface area contributed by atoms with Gasteiger partial charge in [-0.15, -0.1) is 0 Å². The number of hydrogen-bond acceptors (Lipinski definition) is 0. The summed E-state index contributed by atoms with van der Waals surface area (Å²) >= 11 is 0. The summed E-state index contributed by atoms with van der Waals surface area (Å²) in [5, 5.41) is 0. The van der Waals surface area contributed by atoms with Crippen molar-refractivity contribution in [3.63, 3.8) is 0 Å². The van der Waals surface area contributed by atoms with Crippen LogP contribution < -0.4 is 0 Å². The van der Waals surface area contributed by atoms with Crippen LogP contribution in [0.4, 0.5) is 0 Å². The molecule has 2 unspecified atom stereocenters. The fourth-order valence-electron chi connectivity index (χ4n) is 1.32. The number of allylic oxidation sites excluding steroid dienone is 2. The van der Waals surface area contributed by atoms with E-state index in [1.807, 2.05) is 0 Å². The number of hydrogen-bond donors (Lipinski definition) is 0. The van der Waals surface area contributed by atoms with Crippen molar-refractivity contribution in [2.45, 2.75) is 47.0 Å². The fraction of sp³-hybridized carbons (Fsp3) is 0.818. The lowest BCUT2D eigenvalue weighted by Gasteiger charge is -2.17. The third-order valence-corrected chi connectivity index (χ3v) is 2.46. The molecule has 0 amide bonds. The van der Waals surface area contributed by atoms with E-state index in [9.17, 15) is 0 Å². The van der Waals surface area contributed by atoms with Crippen LogP contribution >= 0.6 is 0 Å². The first kappa shape index (κ1) is 10.7. The van der Waals surface area contributed by atoms with Crippen molar-refractivity contribution in [3.8, 4) is 0 Å². The molecule has 0 aliphatic rings. The maximum absolute atomic E-state index is 2.36. The summed E-state index contributed by atoms with van der Waals surface area (Å²) < 4.78 is 0. The minimum atomic E-state index is 0.853. The average molecular weight is 154 g/mol. The Morgan fingerprint density at radius 3 is 2.27 bits per heavy atom. The molecule has 11 heavy (non-hydrogen) atoms. The van der Waals surface area contributed by atoms with Crippen LogP contribution in [0.15, 0.2) is 12.2 Å². The van der Waals surface area contributed by atoms with Gasteiger partial charge in [0, 0.05) is 0 Å². The molecule has 0 saturated heterocycles. The number of rotatable bonds is 5. The molecule has 0 aliphatic heterocycles. The Bertz CT molecular complexity index is 103. The third-order valence-electron chi connectivity index (χ3n) is 2.46. The van der Waals surface area contributed by atoms with Gasteiger partial charge < -0.3 is 0 Å². The van der Waals surface area contributed by atoms with Crippen molar-refractivity contribution in [2.75, 3.05) is 0 Å². The molecule has 0 aromatic rings. The van der Waals surface area contributed by atoms with Crippen LogP contribution in [0.1, 0.15) is 47.0 Å². The molecule has 0 nitrogen and oxygen atoms in total. The molecule has 0 rings (SSSR count). The van der Waals surface area contributed by atoms with Gasteiger partial charge in [-0.2, -0.15) is 0 Å². The lowest BCUT2D eigenvalue weighted by molar-refractivity contribution is 0.364. The van der Waals surface area contributed by atoms with E-state index in [0.717, 1.165) is 11.8 Å². The van der Waals surface area contributed by atoms with E-state index in [4.69, 9.17) is 0 Å². The van der Waals surface area contributed by atoms with Gasteiger partial charge >= 0.3 is 0 Å². The van der Waals surface area contributed by atoms with Gasteiger partial charge in [0.05, 0.1) is 0 Å². The predicted octanol–water partition coefficient (Wildman–Crippen LogP) is 4.02. The van der Waals surface area contributed by atoms with Crippen LogP contribution in [0, 0.1) is 11.8 Å². The van der Waals surface area contributed by atoms with Gasteiger partial charge in [-0.1, -0.05) is 45.8 Å². The fourth-order valence-corrected chi connectivity index (χ4v) is 1.32. The van der Waals surface area contributed by atoms with Gasteiger partial charge in [-0.05, 0) is 25.2 Å². The molecule has 0 aromatic heterocycles. The van der Waals surface area contributed by atoms with Crippen LogP contribution in [-0.2, 0) is 0 Å². The zero-order valence-electron chi connectivity index (χ0n) is 8.43. The lowest BCUT2D eigenvalue weighted by Crippen LogP contribution is -2.06. The second-order valence-corrected chi connectivity index (χ2v) is 3.55. The topological polar surface area (TPSA) is 0 Å². The highest BCUT2D eigenvalue weighted by Crippen LogP contribution is 2.19. The summed E-state index contributed by atoms with van der Waals surface area (Å²) in [6.45, 7) is 9.06. The smallest absolute Gasteiger partial charge is 0.0322 e. The predicted molar refractivity (Wildman–Crippen MR) is 52.7 cm³/mol. The maximum atomic E-state index is 2.36. The molecular weight excluding hydrogens is 132 g/mol. The van der Waals surface area contributed by atoms with Gasteiger partial charge in [-0.25, -0.2) is 0 Å². The van der Waals surface area contributed by atoms with E-state index < -0.39 is 0 Å². The zero-order valence-corrected chi connectivity index (χ0v) is 8.43. The highest BCUT2D eigenvalue weighted by molar-refractivity contribution is 4.80. The Hall–Kier alpha value is -0.260. The Morgan fingerprint density at radius 2 is 1.82 bits per heavy atom. The van der Waals surface area contributed by atoms with Gasteiger partial charge in [0.25, 0.3) is 0 Å². The average Bonchev–Trinajstić information content (AvgIpc) is 2.00. The van der Waals surface area contributed by atoms with Gasteiger partial charge in [0.2, 0.25) is 0 Å². The van der Waals surface area contributed by atoms with E-state index in [1.54, 1.807) is 0 Å². The van der Waals surface area contributed by atoms with Crippen LogP contribution in [0.2, 0.25) is 0 Å². The zero-order chi connectivity index (χ0) is 8.69. The van der Waals surface area contributed by atoms with Gasteiger partial charge in [0.1, 0.15) is 0 Å². The summed E-state index contributed by atoms with van der Waals surface area (Å²) in [6.07, 6.45) is 8.36. The van der Waals surface area contributed by atoms with E-state index in [2.05, 4.69) is 39.8 Å². The molecule has 0 aliphatic carbocycles. The maximum Gasteiger partial charge on any atom is -0.0322 e. The van der Waals surface area contributed by atoms with Crippen molar-refractivity contribution < 1.29 is 0 Å². The molecule has 0 spiro atoms. The summed E-state index contributed by atoms with van der Waals surface area (Å²) in [7, 11) is 0. The minimum absolute atomic E-state index is 0.853. The van der Waals surface area contributed by atoms with E-state index >= 15 is 0 Å². The Balaban J connectivity index is 3.54. The summed E-state index contributed by atoms with van der Waals surface area (Å²) in [4.78, 5) is 0. The second kappa shape index (κ2) is 6.45. The van der Waals surface area contributed by atoms with Gasteiger partial charge in [-0.3, -0.25) is 0 Å². The first-order valence-corrected chi connectivity index (χ1v) is 4.83. The molecule has 0 heteroatoms. The molecule has 66 valence electrons. The first-order chi connectivity index (χ1) is 5.22. The summed E-state index contributed by atoms with van der Waals surface area (Å²) in [5.74, 6) is 1.74. The highest BCUT2D eigenvalue weighted by atomic mass is 14.1. The van der Waals surface area contributed by atoms with Crippen LogP contribution in [0.5, 0.6) is 0 Å².